The molecule has 0 radical (unpaired) electrons. The van der Waals surface area contributed by atoms with E-state index in [1.54, 1.807) is 11.3 Å². The van der Waals surface area contributed by atoms with Crippen LogP contribution in [0.1, 0.15) is 29.8 Å². The van der Waals surface area contributed by atoms with Crippen LogP contribution in [0.4, 0.5) is 0 Å². The number of nitrogens with zero attached hydrogens (tertiary/aromatic N) is 2. The summed E-state index contributed by atoms with van der Waals surface area (Å²) in [5.74, 6) is -0.167. The Kier molecular flexibility index (Phi) is 3.54. The third kappa shape index (κ3) is 2.45. The molecule has 1 amide bonds. The van der Waals surface area contributed by atoms with Gasteiger partial charge in [0, 0.05) is 24.4 Å². The zero-order valence-electron chi connectivity index (χ0n) is 13.0. The molecule has 1 aliphatic rings. The molecule has 2 aromatic heterocycles. The lowest BCUT2D eigenvalue weighted by atomic mass is 10.0. The number of hydrogen-bond donors (Lipinski definition) is 1. The molecule has 24 heavy (non-hydrogen) atoms. The number of hydrazone groups is 1. The summed E-state index contributed by atoms with van der Waals surface area (Å²) in [5, 5.41) is 8.81. The maximum atomic E-state index is 12.5. The number of nitrogens with one attached hydrogen (secondary N) is 1. The summed E-state index contributed by atoms with van der Waals surface area (Å²) in [6.45, 7) is 1.48. The van der Waals surface area contributed by atoms with Gasteiger partial charge in [0.15, 0.2) is 0 Å². The molecule has 1 unspecified atom stereocenters. The molecule has 3 aromatic rings. The molecule has 0 saturated carbocycles. The molecule has 0 saturated heterocycles. The summed E-state index contributed by atoms with van der Waals surface area (Å²) in [4.78, 5) is 28.5. The number of amides is 1. The van der Waals surface area contributed by atoms with E-state index in [1.165, 1.54) is 11.9 Å². The number of aromatic nitrogens is 1. The van der Waals surface area contributed by atoms with Crippen molar-refractivity contribution in [2.45, 2.75) is 19.4 Å². The SMILES string of the molecule is CC(=O)N1N=C(c2cccs2)CC1c1cc2ccccc2[nH]c1=O. The van der Waals surface area contributed by atoms with Gasteiger partial charge in [0.2, 0.25) is 5.91 Å². The first-order valence-corrected chi connectivity index (χ1v) is 8.54. The highest BCUT2D eigenvalue weighted by Crippen LogP contribution is 2.33. The predicted molar refractivity (Wildman–Crippen MR) is 95.3 cm³/mol. The van der Waals surface area contributed by atoms with E-state index in [2.05, 4.69) is 10.1 Å². The number of para-hydroxylation sites is 1. The van der Waals surface area contributed by atoms with Gasteiger partial charge in [0.1, 0.15) is 0 Å². The second kappa shape index (κ2) is 5.72. The molecular weight excluding hydrogens is 322 g/mol. The van der Waals surface area contributed by atoms with Gasteiger partial charge in [-0.15, -0.1) is 11.3 Å². The minimum Gasteiger partial charge on any atom is -0.322 e. The highest BCUT2D eigenvalue weighted by molar-refractivity contribution is 7.12. The minimum atomic E-state index is -0.368. The second-order valence-electron chi connectivity index (χ2n) is 5.75. The number of rotatable bonds is 2. The van der Waals surface area contributed by atoms with Crippen LogP contribution in [-0.2, 0) is 4.79 Å². The average molecular weight is 337 g/mol. The van der Waals surface area contributed by atoms with Gasteiger partial charge in [-0.25, -0.2) is 5.01 Å². The molecule has 1 aromatic carbocycles. The molecule has 1 atom stereocenters. The minimum absolute atomic E-state index is 0.167. The van der Waals surface area contributed by atoms with Crippen molar-refractivity contribution in [2.75, 3.05) is 0 Å². The van der Waals surface area contributed by atoms with Crippen LogP contribution in [0.15, 0.2) is 57.7 Å². The van der Waals surface area contributed by atoms with Gasteiger partial charge in [-0.2, -0.15) is 5.10 Å². The maximum Gasteiger partial charge on any atom is 0.253 e. The summed E-state index contributed by atoms with van der Waals surface area (Å²) in [7, 11) is 0. The lowest BCUT2D eigenvalue weighted by molar-refractivity contribution is -0.130. The molecule has 0 fully saturated rings. The molecule has 6 heteroatoms. The standard InChI is InChI=1S/C18H15N3O2S/c1-11(22)21-16(10-15(20-21)17-7-4-8-24-17)13-9-12-5-2-3-6-14(12)19-18(13)23/h2-9,16H,10H2,1H3,(H,19,23). The van der Waals surface area contributed by atoms with Gasteiger partial charge in [-0.05, 0) is 29.0 Å². The topological polar surface area (TPSA) is 65.5 Å². The zero-order chi connectivity index (χ0) is 16.7. The quantitative estimate of drug-likeness (QED) is 0.780. The molecule has 120 valence electrons. The summed E-state index contributed by atoms with van der Waals surface area (Å²) >= 11 is 1.58. The first-order valence-electron chi connectivity index (χ1n) is 7.66. The Morgan fingerprint density at radius 2 is 2.12 bits per heavy atom. The van der Waals surface area contributed by atoms with Crippen LogP contribution < -0.4 is 5.56 Å². The average Bonchev–Trinajstić information content (AvgIpc) is 3.23. The normalized spacial score (nSPS) is 17.3. The van der Waals surface area contributed by atoms with E-state index in [9.17, 15) is 9.59 Å². The van der Waals surface area contributed by atoms with Crippen LogP contribution in [0.25, 0.3) is 10.9 Å². The highest BCUT2D eigenvalue weighted by atomic mass is 32.1. The first-order chi connectivity index (χ1) is 11.6. The third-order valence-electron chi connectivity index (χ3n) is 4.18. The Balaban J connectivity index is 1.80. The number of carbonyl (C=O) groups excluding carboxylic acids is 1. The van der Waals surface area contributed by atoms with E-state index in [0.29, 0.717) is 12.0 Å². The number of carbonyl (C=O) groups is 1. The summed E-state index contributed by atoms with van der Waals surface area (Å²) in [5.41, 5.74) is 2.03. The van der Waals surface area contributed by atoms with Crippen molar-refractivity contribution in [3.05, 3.63) is 68.6 Å². The smallest absolute Gasteiger partial charge is 0.253 e. The Morgan fingerprint density at radius 3 is 2.88 bits per heavy atom. The van der Waals surface area contributed by atoms with E-state index in [0.717, 1.165) is 21.5 Å². The number of benzene rings is 1. The number of thiophene rings is 1. The van der Waals surface area contributed by atoms with E-state index < -0.39 is 0 Å². The maximum absolute atomic E-state index is 12.5. The number of pyridine rings is 1. The number of aromatic amines is 1. The van der Waals surface area contributed by atoms with Crippen LogP contribution in [0, 0.1) is 0 Å². The number of H-pyrrole nitrogens is 1. The molecule has 3 heterocycles. The molecule has 0 aliphatic carbocycles. The van der Waals surface area contributed by atoms with Gasteiger partial charge in [0.05, 0.1) is 16.6 Å². The number of hydrogen-bond acceptors (Lipinski definition) is 4. The van der Waals surface area contributed by atoms with Crippen molar-refractivity contribution in [2.24, 2.45) is 5.10 Å². The van der Waals surface area contributed by atoms with Crippen LogP contribution in [0.2, 0.25) is 0 Å². The van der Waals surface area contributed by atoms with Crippen molar-refractivity contribution in [3.63, 3.8) is 0 Å². The lowest BCUT2D eigenvalue weighted by Crippen LogP contribution is -2.29. The third-order valence-corrected chi connectivity index (χ3v) is 5.10. The Hall–Kier alpha value is -2.73. The van der Waals surface area contributed by atoms with Crippen LogP contribution in [0.5, 0.6) is 0 Å². The fourth-order valence-electron chi connectivity index (χ4n) is 3.05. The molecule has 0 spiro atoms. The Labute approximate surface area is 142 Å². The fraction of sp³-hybridized carbons (Fsp3) is 0.167. The second-order valence-corrected chi connectivity index (χ2v) is 6.70. The van der Waals surface area contributed by atoms with Gasteiger partial charge in [-0.1, -0.05) is 24.3 Å². The van der Waals surface area contributed by atoms with E-state index in [-0.39, 0.29) is 17.5 Å². The summed E-state index contributed by atoms with van der Waals surface area (Å²) < 4.78 is 0. The van der Waals surface area contributed by atoms with Crippen LogP contribution in [-0.4, -0.2) is 21.6 Å². The van der Waals surface area contributed by atoms with Crippen molar-refractivity contribution >= 4 is 33.9 Å². The first kappa shape index (κ1) is 14.8. The largest absolute Gasteiger partial charge is 0.322 e. The molecule has 4 rings (SSSR count). The van der Waals surface area contributed by atoms with Gasteiger partial charge in [-0.3, -0.25) is 9.59 Å². The van der Waals surface area contributed by atoms with Crippen molar-refractivity contribution in [1.82, 2.24) is 9.99 Å². The van der Waals surface area contributed by atoms with Crippen molar-refractivity contribution in [1.29, 1.82) is 0 Å². The van der Waals surface area contributed by atoms with Crippen molar-refractivity contribution in [3.8, 4) is 0 Å². The number of fused-ring (bicyclic) bond motifs is 1. The summed E-state index contributed by atoms with van der Waals surface area (Å²) in [6, 6.07) is 13.1. The highest BCUT2D eigenvalue weighted by Gasteiger charge is 2.33. The molecule has 0 bridgehead atoms. The Bertz CT molecular complexity index is 1000. The van der Waals surface area contributed by atoms with E-state index >= 15 is 0 Å². The molecule has 1 aliphatic heterocycles. The molecule has 5 nitrogen and oxygen atoms in total. The Morgan fingerprint density at radius 1 is 1.29 bits per heavy atom. The molecule has 1 N–H and O–H groups in total. The van der Waals surface area contributed by atoms with E-state index in [1.807, 2.05) is 47.8 Å². The van der Waals surface area contributed by atoms with Crippen LogP contribution >= 0.6 is 11.3 Å². The predicted octanol–water partition coefficient (Wildman–Crippen LogP) is 3.29. The van der Waals surface area contributed by atoms with Gasteiger partial charge >= 0.3 is 0 Å². The monoisotopic (exact) mass is 337 g/mol. The van der Waals surface area contributed by atoms with Gasteiger partial charge < -0.3 is 4.98 Å². The fourth-order valence-corrected chi connectivity index (χ4v) is 3.77. The zero-order valence-corrected chi connectivity index (χ0v) is 13.8. The summed E-state index contributed by atoms with van der Waals surface area (Å²) in [6.07, 6.45) is 0.543. The van der Waals surface area contributed by atoms with Crippen molar-refractivity contribution < 1.29 is 4.79 Å². The van der Waals surface area contributed by atoms with Gasteiger partial charge in [0.25, 0.3) is 5.56 Å². The molecular formula is C18H15N3O2S. The lowest BCUT2D eigenvalue weighted by Gasteiger charge is -2.20. The van der Waals surface area contributed by atoms with E-state index in [4.69, 9.17) is 0 Å². The van der Waals surface area contributed by atoms with Crippen LogP contribution in [0.3, 0.4) is 0 Å².